The first-order valence-corrected chi connectivity index (χ1v) is 9.53. The second kappa shape index (κ2) is 8.84. The Morgan fingerprint density at radius 1 is 1.40 bits per heavy atom. The Balaban J connectivity index is 0.00000312. The number of hydrogen-bond acceptors (Lipinski definition) is 5. The van der Waals surface area contributed by atoms with Crippen LogP contribution in [0, 0.1) is 5.92 Å². The Kier molecular flexibility index (Phi) is 7.67. The minimum atomic E-state index is -3.70. The van der Waals surface area contributed by atoms with Crippen molar-refractivity contribution in [3.05, 3.63) is 18.2 Å². The van der Waals surface area contributed by atoms with Crippen LogP contribution in [0.3, 0.4) is 0 Å². The molecule has 0 heterocycles. The van der Waals surface area contributed by atoms with Gasteiger partial charge in [-0.3, -0.25) is 4.79 Å². The van der Waals surface area contributed by atoms with Crippen LogP contribution in [0.15, 0.2) is 23.1 Å². The number of nitrogens with two attached hydrogens (primary N) is 1. The SMILES string of the molecule is CCC(C)C(N)C(=O)Nc1ccc(OC)c(S(=O)(=O)NC2CC2)c1.Cl. The molecule has 1 aromatic carbocycles. The molecule has 0 saturated heterocycles. The Morgan fingerprint density at radius 3 is 2.56 bits per heavy atom. The van der Waals surface area contributed by atoms with E-state index in [4.69, 9.17) is 10.5 Å². The first kappa shape index (κ1) is 21.7. The summed E-state index contributed by atoms with van der Waals surface area (Å²) >= 11 is 0. The van der Waals surface area contributed by atoms with Crippen LogP contribution in [-0.2, 0) is 14.8 Å². The average molecular weight is 392 g/mol. The first-order chi connectivity index (χ1) is 11.3. The lowest BCUT2D eigenvalue weighted by Gasteiger charge is -2.18. The highest BCUT2D eigenvalue weighted by Gasteiger charge is 2.30. The van der Waals surface area contributed by atoms with Crippen LogP contribution in [0.2, 0.25) is 0 Å². The van der Waals surface area contributed by atoms with Crippen molar-refractivity contribution in [2.24, 2.45) is 11.7 Å². The lowest BCUT2D eigenvalue weighted by atomic mass is 9.99. The number of carbonyl (C=O) groups is 1. The molecule has 4 N–H and O–H groups in total. The minimum absolute atomic E-state index is 0. The van der Waals surface area contributed by atoms with E-state index in [1.165, 1.54) is 19.2 Å². The van der Waals surface area contributed by atoms with Crippen LogP contribution < -0.4 is 20.5 Å². The third kappa shape index (κ3) is 5.57. The molecule has 25 heavy (non-hydrogen) atoms. The Bertz CT molecular complexity index is 707. The van der Waals surface area contributed by atoms with Gasteiger partial charge in [0, 0.05) is 11.7 Å². The van der Waals surface area contributed by atoms with Crippen molar-refractivity contribution in [2.75, 3.05) is 12.4 Å². The molecule has 1 fully saturated rings. The molecule has 0 aromatic heterocycles. The number of benzene rings is 1. The largest absolute Gasteiger partial charge is 0.495 e. The fourth-order valence-electron chi connectivity index (χ4n) is 2.19. The van der Waals surface area contributed by atoms with E-state index in [2.05, 4.69) is 10.0 Å². The fraction of sp³-hybridized carbons (Fsp3) is 0.562. The summed E-state index contributed by atoms with van der Waals surface area (Å²) in [4.78, 5) is 12.2. The number of ether oxygens (including phenoxy) is 1. The van der Waals surface area contributed by atoms with Crippen molar-refractivity contribution in [3.63, 3.8) is 0 Å². The van der Waals surface area contributed by atoms with Crippen LogP contribution in [0.4, 0.5) is 5.69 Å². The van der Waals surface area contributed by atoms with Crippen LogP contribution in [0.25, 0.3) is 0 Å². The highest BCUT2D eigenvalue weighted by Crippen LogP contribution is 2.29. The molecule has 1 aliphatic rings. The second-order valence-electron chi connectivity index (χ2n) is 6.16. The summed E-state index contributed by atoms with van der Waals surface area (Å²) in [6.45, 7) is 3.85. The van der Waals surface area contributed by atoms with E-state index in [1.807, 2.05) is 13.8 Å². The number of nitrogens with one attached hydrogen (secondary N) is 2. The first-order valence-electron chi connectivity index (χ1n) is 8.05. The normalized spacial score (nSPS) is 16.5. The van der Waals surface area contributed by atoms with E-state index in [0.717, 1.165) is 19.3 Å². The molecule has 1 aliphatic carbocycles. The molecule has 1 saturated carbocycles. The van der Waals surface area contributed by atoms with Crippen LogP contribution in [0.5, 0.6) is 5.75 Å². The van der Waals surface area contributed by atoms with Crippen LogP contribution in [0.1, 0.15) is 33.1 Å². The number of sulfonamides is 1. The van der Waals surface area contributed by atoms with Gasteiger partial charge < -0.3 is 15.8 Å². The van der Waals surface area contributed by atoms with Crippen molar-refractivity contribution in [2.45, 2.75) is 50.1 Å². The lowest BCUT2D eigenvalue weighted by molar-refractivity contribution is -0.118. The molecule has 0 spiro atoms. The topological polar surface area (TPSA) is 111 Å². The molecular weight excluding hydrogens is 366 g/mol. The summed E-state index contributed by atoms with van der Waals surface area (Å²) in [6, 6.07) is 3.84. The van der Waals surface area contributed by atoms with Gasteiger partial charge >= 0.3 is 0 Å². The molecule has 142 valence electrons. The zero-order chi connectivity index (χ0) is 17.9. The van der Waals surface area contributed by atoms with Gasteiger partial charge in [-0.2, -0.15) is 0 Å². The predicted octanol–water partition coefficient (Wildman–Crippen LogP) is 1.87. The van der Waals surface area contributed by atoms with Gasteiger partial charge in [0.2, 0.25) is 15.9 Å². The van der Waals surface area contributed by atoms with Gasteiger partial charge in [0.25, 0.3) is 0 Å². The summed E-state index contributed by atoms with van der Waals surface area (Å²) in [5.41, 5.74) is 6.28. The van der Waals surface area contributed by atoms with Crippen LogP contribution in [-0.4, -0.2) is 33.5 Å². The summed E-state index contributed by atoms with van der Waals surface area (Å²) in [7, 11) is -2.29. The van der Waals surface area contributed by atoms with Crippen LogP contribution >= 0.6 is 12.4 Å². The standard InChI is InChI=1S/C16H25N3O4S.ClH/c1-4-10(2)15(17)16(20)18-12-7-8-13(23-3)14(9-12)24(21,22)19-11-5-6-11;/h7-11,15,19H,4-6,17H2,1-3H3,(H,18,20);1H. The van der Waals surface area contributed by atoms with Gasteiger partial charge in [-0.15, -0.1) is 12.4 Å². The molecule has 1 amide bonds. The monoisotopic (exact) mass is 391 g/mol. The lowest BCUT2D eigenvalue weighted by Crippen LogP contribution is -2.40. The molecule has 2 rings (SSSR count). The van der Waals surface area contributed by atoms with Gasteiger partial charge in [-0.25, -0.2) is 13.1 Å². The second-order valence-corrected chi connectivity index (χ2v) is 7.84. The zero-order valence-corrected chi connectivity index (χ0v) is 16.2. The molecule has 2 unspecified atom stereocenters. The van der Waals surface area contributed by atoms with Gasteiger partial charge in [0.15, 0.2) is 0 Å². The average Bonchev–Trinajstić information content (AvgIpc) is 3.36. The molecule has 7 nitrogen and oxygen atoms in total. The maximum absolute atomic E-state index is 12.5. The summed E-state index contributed by atoms with van der Waals surface area (Å²) in [5, 5.41) is 2.68. The Labute approximate surface area is 155 Å². The zero-order valence-electron chi connectivity index (χ0n) is 14.6. The summed E-state index contributed by atoms with van der Waals surface area (Å²) in [6.07, 6.45) is 2.45. The number of rotatable bonds is 8. The Hall–Kier alpha value is -1.35. The van der Waals surface area contributed by atoms with Gasteiger partial charge in [-0.05, 0) is 37.0 Å². The maximum atomic E-state index is 12.5. The van der Waals surface area contributed by atoms with Gasteiger partial charge in [0.1, 0.15) is 10.6 Å². The van der Waals surface area contributed by atoms with Gasteiger partial charge in [0.05, 0.1) is 13.2 Å². The highest BCUT2D eigenvalue weighted by molar-refractivity contribution is 7.89. The molecule has 0 bridgehead atoms. The number of anilines is 1. The number of hydrogen-bond donors (Lipinski definition) is 3. The van der Waals surface area contributed by atoms with E-state index in [1.54, 1.807) is 6.07 Å². The quantitative estimate of drug-likeness (QED) is 0.626. The molecule has 1 aromatic rings. The summed E-state index contributed by atoms with van der Waals surface area (Å²) < 4.78 is 32.7. The van der Waals surface area contributed by atoms with Crippen molar-refractivity contribution >= 4 is 34.0 Å². The molecule has 2 atom stereocenters. The Morgan fingerprint density at radius 2 is 2.04 bits per heavy atom. The predicted molar refractivity (Wildman–Crippen MR) is 99.6 cm³/mol. The van der Waals surface area contributed by atoms with Crippen molar-refractivity contribution in [3.8, 4) is 5.75 Å². The van der Waals surface area contributed by atoms with E-state index >= 15 is 0 Å². The van der Waals surface area contributed by atoms with E-state index < -0.39 is 16.1 Å². The minimum Gasteiger partial charge on any atom is -0.495 e. The molecular formula is C16H26ClN3O4S. The number of methoxy groups -OCH3 is 1. The van der Waals surface area contributed by atoms with Crippen molar-refractivity contribution in [1.82, 2.24) is 4.72 Å². The number of amides is 1. The smallest absolute Gasteiger partial charge is 0.244 e. The van der Waals surface area contributed by atoms with E-state index in [9.17, 15) is 13.2 Å². The third-order valence-corrected chi connectivity index (χ3v) is 5.72. The molecule has 0 aliphatic heterocycles. The van der Waals surface area contributed by atoms with Crippen molar-refractivity contribution in [1.29, 1.82) is 0 Å². The van der Waals surface area contributed by atoms with Crippen molar-refractivity contribution < 1.29 is 17.9 Å². The molecule has 0 radical (unpaired) electrons. The summed E-state index contributed by atoms with van der Waals surface area (Å²) in [5.74, 6) is -0.0802. The van der Waals surface area contributed by atoms with Gasteiger partial charge in [-0.1, -0.05) is 20.3 Å². The fourth-order valence-corrected chi connectivity index (χ4v) is 3.69. The third-order valence-electron chi connectivity index (χ3n) is 4.18. The number of carbonyl (C=O) groups excluding carboxylic acids is 1. The maximum Gasteiger partial charge on any atom is 0.244 e. The molecule has 9 heteroatoms. The highest BCUT2D eigenvalue weighted by atomic mass is 35.5. The van der Waals surface area contributed by atoms with E-state index in [-0.39, 0.29) is 40.9 Å². The van der Waals surface area contributed by atoms with E-state index in [0.29, 0.717) is 5.69 Å². The number of halogens is 1.